The summed E-state index contributed by atoms with van der Waals surface area (Å²) in [5, 5.41) is 15.0. The molecule has 0 unspecified atom stereocenters. The molecule has 2 aromatic carbocycles. The SMILES string of the molecule is Cc1cccc(NC(=O)/C(C#N)=C\Nc2cc(S(=O)(=O)N3CCOCC3)ccc2Cl)c1. The van der Waals surface area contributed by atoms with Gasteiger partial charge < -0.3 is 15.4 Å². The molecule has 0 bridgehead atoms. The molecule has 3 rings (SSSR count). The molecule has 1 aliphatic heterocycles. The van der Waals surface area contributed by atoms with Crippen molar-refractivity contribution in [2.24, 2.45) is 0 Å². The Morgan fingerprint density at radius 2 is 1.97 bits per heavy atom. The number of rotatable bonds is 6. The van der Waals surface area contributed by atoms with Gasteiger partial charge in [-0.1, -0.05) is 23.7 Å². The van der Waals surface area contributed by atoms with Crippen molar-refractivity contribution in [3.05, 3.63) is 64.8 Å². The molecule has 0 radical (unpaired) electrons. The number of aryl methyl sites for hydroxylation is 1. The van der Waals surface area contributed by atoms with Crippen LogP contribution in [-0.4, -0.2) is 44.9 Å². The second kappa shape index (κ2) is 9.94. The highest BCUT2D eigenvalue weighted by Gasteiger charge is 2.26. The van der Waals surface area contributed by atoms with Crippen LogP contribution in [0.15, 0.2) is 59.1 Å². The van der Waals surface area contributed by atoms with Gasteiger partial charge in [-0.2, -0.15) is 9.57 Å². The summed E-state index contributed by atoms with van der Waals surface area (Å²) in [6, 6.07) is 13.2. The Kier molecular flexibility index (Phi) is 7.30. The fourth-order valence-corrected chi connectivity index (χ4v) is 4.54. The Morgan fingerprint density at radius 3 is 2.65 bits per heavy atom. The van der Waals surface area contributed by atoms with Gasteiger partial charge in [0.15, 0.2) is 0 Å². The van der Waals surface area contributed by atoms with Crippen molar-refractivity contribution in [1.29, 1.82) is 5.26 Å². The standard InChI is InChI=1S/C21H21ClN4O4S/c1-15-3-2-4-17(11-15)25-21(27)16(13-23)14-24-20-12-18(5-6-19(20)22)31(28,29)26-7-9-30-10-8-26/h2-6,11-12,14,24H,7-10H2,1H3,(H,25,27)/b16-14-. The monoisotopic (exact) mass is 460 g/mol. The lowest BCUT2D eigenvalue weighted by Gasteiger charge is -2.26. The maximum absolute atomic E-state index is 12.9. The van der Waals surface area contributed by atoms with Crippen molar-refractivity contribution in [3.8, 4) is 6.07 Å². The molecular weight excluding hydrogens is 440 g/mol. The minimum Gasteiger partial charge on any atom is -0.379 e. The van der Waals surface area contributed by atoms with Crippen LogP contribution in [0.2, 0.25) is 5.02 Å². The maximum Gasteiger partial charge on any atom is 0.267 e. The lowest BCUT2D eigenvalue weighted by atomic mass is 10.2. The quantitative estimate of drug-likeness (QED) is 0.506. The van der Waals surface area contributed by atoms with E-state index in [1.54, 1.807) is 18.2 Å². The molecule has 0 atom stereocenters. The van der Waals surface area contributed by atoms with Crippen LogP contribution in [0.3, 0.4) is 0 Å². The van der Waals surface area contributed by atoms with E-state index in [9.17, 15) is 18.5 Å². The topological polar surface area (TPSA) is 112 Å². The van der Waals surface area contributed by atoms with Gasteiger partial charge in [0.1, 0.15) is 11.6 Å². The van der Waals surface area contributed by atoms with E-state index in [-0.39, 0.29) is 34.3 Å². The Morgan fingerprint density at radius 1 is 1.23 bits per heavy atom. The third-order valence-corrected chi connectivity index (χ3v) is 6.78. The van der Waals surface area contributed by atoms with E-state index in [4.69, 9.17) is 16.3 Å². The Labute approximate surface area is 186 Å². The molecule has 8 nitrogen and oxygen atoms in total. The van der Waals surface area contributed by atoms with Crippen LogP contribution in [0.1, 0.15) is 5.56 Å². The molecule has 1 aliphatic rings. The van der Waals surface area contributed by atoms with Crippen molar-refractivity contribution in [3.63, 3.8) is 0 Å². The van der Waals surface area contributed by atoms with Gasteiger partial charge in [-0.25, -0.2) is 8.42 Å². The van der Waals surface area contributed by atoms with Crippen LogP contribution in [0, 0.1) is 18.3 Å². The number of hydrogen-bond donors (Lipinski definition) is 2. The number of carbonyl (C=O) groups excluding carboxylic acids is 1. The van der Waals surface area contributed by atoms with Crippen molar-refractivity contribution in [1.82, 2.24) is 4.31 Å². The molecule has 0 saturated carbocycles. The zero-order valence-corrected chi connectivity index (χ0v) is 18.3. The second-order valence-electron chi connectivity index (χ2n) is 6.80. The number of hydrogen-bond acceptors (Lipinski definition) is 6. The summed E-state index contributed by atoms with van der Waals surface area (Å²) >= 11 is 6.18. The molecule has 2 aromatic rings. The second-order valence-corrected chi connectivity index (χ2v) is 9.14. The number of ether oxygens (including phenoxy) is 1. The van der Waals surface area contributed by atoms with Crippen LogP contribution in [0.25, 0.3) is 0 Å². The summed E-state index contributed by atoms with van der Waals surface area (Å²) in [5.41, 5.74) is 1.58. The van der Waals surface area contributed by atoms with E-state index in [1.807, 2.05) is 19.1 Å². The first-order chi connectivity index (χ1) is 14.8. The number of nitrogens with one attached hydrogen (secondary N) is 2. The van der Waals surface area contributed by atoms with Gasteiger partial charge in [0, 0.05) is 25.0 Å². The molecule has 1 saturated heterocycles. The summed E-state index contributed by atoms with van der Waals surface area (Å²) in [5.74, 6) is -0.603. The molecule has 1 amide bonds. The van der Waals surface area contributed by atoms with E-state index >= 15 is 0 Å². The van der Waals surface area contributed by atoms with Gasteiger partial charge in [-0.3, -0.25) is 4.79 Å². The average molecular weight is 461 g/mol. The normalized spacial score (nSPS) is 15.2. The average Bonchev–Trinajstić information content (AvgIpc) is 2.76. The maximum atomic E-state index is 12.9. The molecule has 10 heteroatoms. The smallest absolute Gasteiger partial charge is 0.267 e. The van der Waals surface area contributed by atoms with Crippen LogP contribution < -0.4 is 10.6 Å². The van der Waals surface area contributed by atoms with Gasteiger partial charge >= 0.3 is 0 Å². The van der Waals surface area contributed by atoms with Gasteiger partial charge in [-0.05, 0) is 42.8 Å². The van der Waals surface area contributed by atoms with Crippen LogP contribution in [0.5, 0.6) is 0 Å². The zero-order valence-electron chi connectivity index (χ0n) is 16.8. The molecule has 1 heterocycles. The number of halogens is 1. The molecule has 1 fully saturated rings. The lowest BCUT2D eigenvalue weighted by Crippen LogP contribution is -2.40. The third kappa shape index (κ3) is 5.62. The van der Waals surface area contributed by atoms with E-state index in [1.165, 1.54) is 28.7 Å². The minimum atomic E-state index is -3.72. The Bertz CT molecular complexity index is 1150. The summed E-state index contributed by atoms with van der Waals surface area (Å²) in [6.45, 7) is 3.10. The first-order valence-corrected chi connectivity index (χ1v) is 11.3. The van der Waals surface area contributed by atoms with Gasteiger partial charge in [0.05, 0.1) is 28.8 Å². The van der Waals surface area contributed by atoms with E-state index < -0.39 is 15.9 Å². The van der Waals surface area contributed by atoms with E-state index in [0.29, 0.717) is 18.9 Å². The number of benzene rings is 2. The number of amides is 1. The van der Waals surface area contributed by atoms with Gasteiger partial charge in [0.2, 0.25) is 10.0 Å². The number of nitrogens with zero attached hydrogens (tertiary/aromatic N) is 2. The van der Waals surface area contributed by atoms with Crippen LogP contribution >= 0.6 is 11.6 Å². The third-order valence-electron chi connectivity index (χ3n) is 4.56. The van der Waals surface area contributed by atoms with Crippen molar-refractivity contribution in [2.75, 3.05) is 36.9 Å². The van der Waals surface area contributed by atoms with Gasteiger partial charge in [0.25, 0.3) is 5.91 Å². The highest BCUT2D eigenvalue weighted by molar-refractivity contribution is 7.89. The Balaban J connectivity index is 1.79. The first kappa shape index (κ1) is 22.8. The van der Waals surface area contributed by atoms with Crippen molar-refractivity contribution >= 4 is 38.9 Å². The highest BCUT2D eigenvalue weighted by atomic mass is 35.5. The molecule has 2 N–H and O–H groups in total. The number of nitriles is 1. The molecule has 0 aliphatic carbocycles. The first-order valence-electron chi connectivity index (χ1n) is 9.43. The highest BCUT2D eigenvalue weighted by Crippen LogP contribution is 2.27. The summed E-state index contributed by atoms with van der Waals surface area (Å²) in [7, 11) is -3.72. The number of sulfonamides is 1. The largest absolute Gasteiger partial charge is 0.379 e. The fraction of sp³-hybridized carbons (Fsp3) is 0.238. The Hall–Kier alpha value is -2.90. The molecule has 0 spiro atoms. The lowest BCUT2D eigenvalue weighted by molar-refractivity contribution is -0.112. The summed E-state index contributed by atoms with van der Waals surface area (Å²) < 4.78 is 32.3. The summed E-state index contributed by atoms with van der Waals surface area (Å²) in [4.78, 5) is 12.5. The minimum absolute atomic E-state index is 0.0532. The summed E-state index contributed by atoms with van der Waals surface area (Å²) in [6.07, 6.45) is 1.19. The van der Waals surface area contributed by atoms with E-state index in [2.05, 4.69) is 10.6 Å². The fourth-order valence-electron chi connectivity index (χ4n) is 2.93. The number of morpholine rings is 1. The van der Waals surface area contributed by atoms with Crippen LogP contribution in [-0.2, 0) is 19.6 Å². The number of carbonyl (C=O) groups is 1. The van der Waals surface area contributed by atoms with Crippen molar-refractivity contribution in [2.45, 2.75) is 11.8 Å². The number of anilines is 2. The molecular formula is C21H21ClN4O4S. The zero-order chi connectivity index (χ0) is 22.4. The molecule has 31 heavy (non-hydrogen) atoms. The van der Waals surface area contributed by atoms with Crippen LogP contribution in [0.4, 0.5) is 11.4 Å². The predicted octanol–water partition coefficient (Wildman–Crippen LogP) is 3.13. The molecule has 0 aromatic heterocycles. The van der Waals surface area contributed by atoms with E-state index in [0.717, 1.165) is 5.56 Å². The molecule has 162 valence electrons. The predicted molar refractivity (Wildman–Crippen MR) is 118 cm³/mol. The van der Waals surface area contributed by atoms with Gasteiger partial charge in [-0.15, -0.1) is 0 Å². The van der Waals surface area contributed by atoms with Crippen molar-refractivity contribution < 1.29 is 17.9 Å².